The molecule has 3 aromatic rings. The number of rotatable bonds is 7. The summed E-state index contributed by atoms with van der Waals surface area (Å²) in [5, 5.41) is 6.58. The lowest BCUT2D eigenvalue weighted by Crippen LogP contribution is -2.05. The van der Waals surface area contributed by atoms with E-state index in [1.165, 1.54) is 18.2 Å². The molecule has 0 radical (unpaired) electrons. The molecule has 0 fully saturated rings. The number of aromatic nitrogens is 2. The van der Waals surface area contributed by atoms with E-state index in [-0.39, 0.29) is 5.97 Å². The van der Waals surface area contributed by atoms with Crippen molar-refractivity contribution in [1.29, 1.82) is 0 Å². The van der Waals surface area contributed by atoms with Gasteiger partial charge in [0.2, 0.25) is 5.95 Å². The number of benzene rings is 2. The molecule has 3 rings (SSSR count). The highest BCUT2D eigenvalue weighted by molar-refractivity contribution is 5.90. The second-order valence-corrected chi connectivity index (χ2v) is 6.25. The monoisotopic (exact) mass is 376 g/mol. The summed E-state index contributed by atoms with van der Waals surface area (Å²) in [6.07, 6.45) is 3.57. The van der Waals surface area contributed by atoms with Crippen LogP contribution >= 0.6 is 0 Å². The molecule has 2 N–H and O–H groups in total. The largest absolute Gasteiger partial charge is 0.465 e. The van der Waals surface area contributed by atoms with E-state index in [1.807, 2.05) is 12.1 Å². The Hall–Kier alpha value is -3.41. The number of carbonyl (C=O) groups is 1. The number of nitrogens with one attached hydrogen (secondary N) is 2. The first-order valence-corrected chi connectivity index (χ1v) is 9.30. The molecule has 0 amide bonds. The van der Waals surface area contributed by atoms with Gasteiger partial charge in [-0.1, -0.05) is 38.1 Å². The van der Waals surface area contributed by atoms with Gasteiger partial charge in [0.1, 0.15) is 5.82 Å². The Morgan fingerprint density at radius 3 is 2.39 bits per heavy atom. The molecule has 0 saturated heterocycles. The number of ether oxygens (including phenoxy) is 1. The molecule has 0 saturated carbocycles. The lowest BCUT2D eigenvalue weighted by atomic mass is 10.0. The van der Waals surface area contributed by atoms with E-state index < -0.39 is 0 Å². The fourth-order valence-electron chi connectivity index (χ4n) is 2.99. The van der Waals surface area contributed by atoms with Gasteiger partial charge in [-0.15, -0.1) is 0 Å². The average Bonchev–Trinajstić information content (AvgIpc) is 2.73. The molecular formula is C22H24N4O2. The van der Waals surface area contributed by atoms with Crippen LogP contribution in [0, 0.1) is 0 Å². The summed E-state index contributed by atoms with van der Waals surface area (Å²) < 4.78 is 4.76. The maximum Gasteiger partial charge on any atom is 0.337 e. The van der Waals surface area contributed by atoms with Gasteiger partial charge in [0, 0.05) is 17.6 Å². The van der Waals surface area contributed by atoms with Gasteiger partial charge in [-0.3, -0.25) is 0 Å². The van der Waals surface area contributed by atoms with Crippen LogP contribution in [0.15, 0.2) is 54.7 Å². The molecule has 1 aromatic heterocycles. The second kappa shape index (κ2) is 8.99. The number of esters is 1. The van der Waals surface area contributed by atoms with Crippen molar-refractivity contribution in [1.82, 2.24) is 9.97 Å². The quantitative estimate of drug-likeness (QED) is 0.573. The van der Waals surface area contributed by atoms with Crippen molar-refractivity contribution in [2.75, 3.05) is 17.7 Å². The van der Waals surface area contributed by atoms with Crippen LogP contribution in [0.5, 0.6) is 0 Å². The van der Waals surface area contributed by atoms with Crippen molar-refractivity contribution in [2.45, 2.75) is 26.7 Å². The van der Waals surface area contributed by atoms with Crippen LogP contribution in [-0.2, 0) is 17.6 Å². The summed E-state index contributed by atoms with van der Waals surface area (Å²) in [6, 6.07) is 15.2. The zero-order valence-electron chi connectivity index (χ0n) is 16.3. The molecule has 0 spiro atoms. The topological polar surface area (TPSA) is 76.1 Å². The third-order valence-electron chi connectivity index (χ3n) is 4.45. The number of para-hydroxylation sites is 1. The second-order valence-electron chi connectivity index (χ2n) is 6.25. The van der Waals surface area contributed by atoms with Gasteiger partial charge >= 0.3 is 5.97 Å². The van der Waals surface area contributed by atoms with Gasteiger partial charge in [0.25, 0.3) is 0 Å². The van der Waals surface area contributed by atoms with Crippen LogP contribution < -0.4 is 10.6 Å². The number of aryl methyl sites for hydroxylation is 2. The summed E-state index contributed by atoms with van der Waals surface area (Å²) in [7, 11) is 1.36. The van der Waals surface area contributed by atoms with Crippen molar-refractivity contribution in [3.8, 4) is 0 Å². The molecule has 1 heterocycles. The zero-order chi connectivity index (χ0) is 19.9. The number of hydrogen-bond donors (Lipinski definition) is 2. The summed E-state index contributed by atoms with van der Waals surface area (Å²) in [5.41, 5.74) is 4.77. The smallest absolute Gasteiger partial charge is 0.337 e. The first-order valence-electron chi connectivity index (χ1n) is 9.30. The highest BCUT2D eigenvalue weighted by atomic mass is 16.5. The van der Waals surface area contributed by atoms with Crippen molar-refractivity contribution in [3.63, 3.8) is 0 Å². The lowest BCUT2D eigenvalue weighted by molar-refractivity contribution is 0.0601. The molecule has 6 heteroatoms. The first kappa shape index (κ1) is 19.4. The van der Waals surface area contributed by atoms with Gasteiger partial charge in [0.05, 0.1) is 12.7 Å². The average molecular weight is 376 g/mol. The molecular weight excluding hydrogens is 352 g/mol. The van der Waals surface area contributed by atoms with Crippen LogP contribution in [0.2, 0.25) is 0 Å². The van der Waals surface area contributed by atoms with Crippen LogP contribution in [0.25, 0.3) is 0 Å². The van der Waals surface area contributed by atoms with E-state index in [0.29, 0.717) is 23.0 Å². The van der Waals surface area contributed by atoms with Crippen molar-refractivity contribution in [2.24, 2.45) is 0 Å². The minimum absolute atomic E-state index is 0.386. The van der Waals surface area contributed by atoms with Crippen molar-refractivity contribution >= 4 is 29.1 Å². The predicted molar refractivity (Wildman–Crippen MR) is 112 cm³/mol. The number of methoxy groups -OCH3 is 1. The third kappa shape index (κ3) is 4.46. The van der Waals surface area contributed by atoms with E-state index in [2.05, 4.69) is 52.6 Å². The fourth-order valence-corrected chi connectivity index (χ4v) is 2.99. The molecule has 2 aromatic carbocycles. The number of anilines is 4. The van der Waals surface area contributed by atoms with Gasteiger partial charge in [0.15, 0.2) is 0 Å². The van der Waals surface area contributed by atoms with Crippen molar-refractivity contribution in [3.05, 3.63) is 71.4 Å². The standard InChI is InChI=1S/C22H24N4O2/c1-4-15-8-6-9-16(5-2)20(15)25-19-12-13-23-22(26-19)24-18-11-7-10-17(14-18)21(27)28-3/h6-14H,4-5H2,1-3H3,(H2,23,24,25,26). The maximum absolute atomic E-state index is 11.7. The third-order valence-corrected chi connectivity index (χ3v) is 4.45. The van der Waals surface area contributed by atoms with Crippen LogP contribution in [-0.4, -0.2) is 23.0 Å². The normalized spacial score (nSPS) is 10.4. The Morgan fingerprint density at radius 1 is 1.00 bits per heavy atom. The van der Waals surface area contributed by atoms with E-state index in [1.54, 1.807) is 24.4 Å². The molecule has 0 aliphatic rings. The number of nitrogens with zero attached hydrogens (tertiary/aromatic N) is 2. The van der Waals surface area contributed by atoms with Crippen molar-refractivity contribution < 1.29 is 9.53 Å². The maximum atomic E-state index is 11.7. The lowest BCUT2D eigenvalue weighted by Gasteiger charge is -2.15. The first-order chi connectivity index (χ1) is 13.6. The minimum Gasteiger partial charge on any atom is -0.465 e. The summed E-state index contributed by atoms with van der Waals surface area (Å²) in [4.78, 5) is 20.5. The van der Waals surface area contributed by atoms with Crippen LogP contribution in [0.3, 0.4) is 0 Å². The van der Waals surface area contributed by atoms with Gasteiger partial charge in [-0.2, -0.15) is 4.98 Å². The molecule has 0 aliphatic heterocycles. The summed E-state index contributed by atoms with van der Waals surface area (Å²) in [5.74, 6) is 0.763. The number of carbonyl (C=O) groups excluding carboxylic acids is 1. The Labute approximate surface area is 165 Å². The fraction of sp³-hybridized carbons (Fsp3) is 0.227. The Balaban J connectivity index is 1.83. The number of hydrogen-bond acceptors (Lipinski definition) is 6. The molecule has 0 atom stereocenters. The SMILES string of the molecule is CCc1cccc(CC)c1Nc1ccnc(Nc2cccc(C(=O)OC)c2)n1. The molecule has 0 bridgehead atoms. The zero-order valence-corrected chi connectivity index (χ0v) is 16.3. The Morgan fingerprint density at radius 2 is 1.71 bits per heavy atom. The molecule has 144 valence electrons. The molecule has 0 unspecified atom stereocenters. The summed E-state index contributed by atoms with van der Waals surface area (Å²) in [6.45, 7) is 4.28. The highest BCUT2D eigenvalue weighted by Crippen LogP contribution is 2.26. The Bertz CT molecular complexity index is 950. The predicted octanol–water partition coefficient (Wildman–Crippen LogP) is 4.88. The van der Waals surface area contributed by atoms with Gasteiger partial charge in [-0.05, 0) is 48.2 Å². The van der Waals surface area contributed by atoms with Crippen LogP contribution in [0.4, 0.5) is 23.1 Å². The van der Waals surface area contributed by atoms with Gasteiger partial charge < -0.3 is 15.4 Å². The van der Waals surface area contributed by atoms with Gasteiger partial charge in [-0.25, -0.2) is 9.78 Å². The van der Waals surface area contributed by atoms with E-state index in [4.69, 9.17) is 4.74 Å². The highest BCUT2D eigenvalue weighted by Gasteiger charge is 2.09. The molecule has 0 aliphatic carbocycles. The van der Waals surface area contributed by atoms with E-state index in [0.717, 1.165) is 18.5 Å². The van der Waals surface area contributed by atoms with Crippen LogP contribution in [0.1, 0.15) is 35.3 Å². The van der Waals surface area contributed by atoms with E-state index >= 15 is 0 Å². The molecule has 28 heavy (non-hydrogen) atoms. The summed E-state index contributed by atoms with van der Waals surface area (Å²) >= 11 is 0. The minimum atomic E-state index is -0.386. The molecule has 6 nitrogen and oxygen atoms in total. The van der Waals surface area contributed by atoms with E-state index in [9.17, 15) is 4.79 Å². The Kier molecular flexibility index (Phi) is 6.22.